The number of benzene rings is 2. The molecular formula is C22H16F3NO2S2. The Hall–Kier alpha value is -2.71. The third kappa shape index (κ3) is 3.73. The number of alkyl halides is 3. The Labute approximate surface area is 175 Å². The molecule has 0 saturated heterocycles. The number of pyridine rings is 1. The molecule has 4 aromatic rings. The van der Waals surface area contributed by atoms with Gasteiger partial charge in [-0.1, -0.05) is 24.3 Å². The van der Waals surface area contributed by atoms with Crippen LogP contribution < -0.4 is 0 Å². The molecule has 0 N–H and O–H groups in total. The number of hydrogen-bond acceptors (Lipinski definition) is 4. The topological polar surface area (TPSA) is 47.0 Å². The average Bonchev–Trinajstić information content (AvgIpc) is 3.15. The number of aromatic nitrogens is 1. The normalized spacial score (nSPS) is 12.4. The molecule has 0 bridgehead atoms. The van der Waals surface area contributed by atoms with E-state index in [1.54, 1.807) is 18.2 Å². The Morgan fingerprint density at radius 1 is 0.967 bits per heavy atom. The molecule has 0 atom stereocenters. The van der Waals surface area contributed by atoms with Crippen molar-refractivity contribution in [2.75, 3.05) is 6.26 Å². The van der Waals surface area contributed by atoms with Gasteiger partial charge in [0.1, 0.15) is 0 Å². The summed E-state index contributed by atoms with van der Waals surface area (Å²) in [6.07, 6.45) is -1.89. The second kappa shape index (κ2) is 7.21. The van der Waals surface area contributed by atoms with Crippen LogP contribution >= 0.6 is 11.3 Å². The van der Waals surface area contributed by atoms with E-state index in [1.165, 1.54) is 29.7 Å². The van der Waals surface area contributed by atoms with Crippen LogP contribution in [-0.4, -0.2) is 19.7 Å². The van der Waals surface area contributed by atoms with Crippen LogP contribution in [0.3, 0.4) is 0 Å². The Balaban J connectivity index is 1.88. The molecule has 0 aliphatic rings. The summed E-state index contributed by atoms with van der Waals surface area (Å²) in [5.74, 6) is 0. The van der Waals surface area contributed by atoms with Crippen LogP contribution in [0.1, 0.15) is 11.1 Å². The summed E-state index contributed by atoms with van der Waals surface area (Å²) in [6, 6.07) is 14.4. The van der Waals surface area contributed by atoms with Crippen LogP contribution in [-0.2, 0) is 16.0 Å². The van der Waals surface area contributed by atoms with Crippen molar-refractivity contribution in [2.24, 2.45) is 0 Å². The molecule has 3 nitrogen and oxygen atoms in total. The Kier molecular flexibility index (Phi) is 4.94. The number of halogens is 3. The fourth-order valence-electron chi connectivity index (χ4n) is 3.39. The van der Waals surface area contributed by atoms with Gasteiger partial charge in [0.2, 0.25) is 0 Å². The number of para-hydroxylation sites is 1. The third-order valence-corrected chi connectivity index (χ3v) is 7.05. The van der Waals surface area contributed by atoms with Crippen molar-refractivity contribution in [3.8, 4) is 20.9 Å². The van der Waals surface area contributed by atoms with Crippen LogP contribution in [0.4, 0.5) is 13.2 Å². The summed E-state index contributed by atoms with van der Waals surface area (Å²) in [5, 5.41) is 0.433. The maximum atomic E-state index is 13.4. The standard InChI is InChI=1S/C22H16F3NO2S2/c1-13-12-26-21-16(7-4-8-17(21)22(23,24)25)20(13)19-10-9-18(29-19)14-5-3-6-15(11-14)30(2,27)28/h3-12H,1-2H3. The van der Waals surface area contributed by atoms with Crippen molar-refractivity contribution in [3.05, 3.63) is 71.9 Å². The second-order valence-corrected chi connectivity index (χ2v) is 10.1. The zero-order valence-electron chi connectivity index (χ0n) is 16.0. The van der Waals surface area contributed by atoms with Gasteiger partial charge in [-0.05, 0) is 48.4 Å². The van der Waals surface area contributed by atoms with Gasteiger partial charge in [-0.3, -0.25) is 4.98 Å². The molecular weight excluding hydrogens is 431 g/mol. The summed E-state index contributed by atoms with van der Waals surface area (Å²) < 4.78 is 64.0. The largest absolute Gasteiger partial charge is 0.418 e. The first-order valence-electron chi connectivity index (χ1n) is 8.92. The molecule has 4 rings (SSSR count). The summed E-state index contributed by atoms with van der Waals surface area (Å²) in [4.78, 5) is 5.89. The number of aryl methyl sites for hydroxylation is 1. The van der Waals surface area contributed by atoms with Crippen molar-refractivity contribution < 1.29 is 21.6 Å². The lowest BCUT2D eigenvalue weighted by atomic mass is 10.00. The van der Waals surface area contributed by atoms with Gasteiger partial charge in [-0.25, -0.2) is 8.42 Å². The van der Waals surface area contributed by atoms with Crippen LogP contribution in [0, 0.1) is 6.92 Å². The lowest BCUT2D eigenvalue weighted by Gasteiger charge is -2.13. The highest BCUT2D eigenvalue weighted by Gasteiger charge is 2.33. The first-order chi connectivity index (χ1) is 14.1. The maximum absolute atomic E-state index is 13.4. The quantitative estimate of drug-likeness (QED) is 0.367. The van der Waals surface area contributed by atoms with Gasteiger partial charge < -0.3 is 0 Å². The number of sulfone groups is 1. The number of nitrogens with zero attached hydrogens (tertiary/aromatic N) is 1. The Bertz CT molecular complexity index is 1370. The van der Waals surface area contributed by atoms with Gasteiger partial charge in [-0.2, -0.15) is 13.2 Å². The lowest BCUT2D eigenvalue weighted by molar-refractivity contribution is -0.136. The molecule has 0 fully saturated rings. The van der Waals surface area contributed by atoms with Crippen LogP contribution in [0.5, 0.6) is 0 Å². The molecule has 0 aliphatic heterocycles. The molecule has 0 aliphatic carbocycles. The predicted molar refractivity (Wildman–Crippen MR) is 113 cm³/mol. The minimum Gasteiger partial charge on any atom is -0.255 e. The van der Waals surface area contributed by atoms with Gasteiger partial charge >= 0.3 is 6.18 Å². The van der Waals surface area contributed by atoms with Gasteiger partial charge in [0.05, 0.1) is 16.0 Å². The fourth-order valence-corrected chi connectivity index (χ4v) is 5.18. The number of fused-ring (bicyclic) bond motifs is 1. The molecule has 8 heteroatoms. The van der Waals surface area contributed by atoms with E-state index < -0.39 is 21.6 Å². The molecule has 0 radical (unpaired) electrons. The number of hydrogen-bond donors (Lipinski definition) is 0. The van der Waals surface area contributed by atoms with Crippen LogP contribution in [0.25, 0.3) is 31.8 Å². The Morgan fingerprint density at radius 3 is 2.37 bits per heavy atom. The molecule has 0 unspecified atom stereocenters. The minimum absolute atomic E-state index is 0.0837. The van der Waals surface area contributed by atoms with Gasteiger partial charge in [0, 0.05) is 33.2 Å². The van der Waals surface area contributed by atoms with E-state index in [1.807, 2.05) is 25.1 Å². The minimum atomic E-state index is -4.49. The molecule has 154 valence electrons. The van der Waals surface area contributed by atoms with Crippen molar-refractivity contribution in [3.63, 3.8) is 0 Å². The van der Waals surface area contributed by atoms with E-state index in [0.29, 0.717) is 10.9 Å². The third-order valence-electron chi connectivity index (χ3n) is 4.79. The van der Waals surface area contributed by atoms with Crippen LogP contribution in [0.15, 0.2) is 65.7 Å². The zero-order chi connectivity index (χ0) is 21.7. The van der Waals surface area contributed by atoms with E-state index in [9.17, 15) is 21.6 Å². The summed E-state index contributed by atoms with van der Waals surface area (Å²) >= 11 is 1.40. The smallest absolute Gasteiger partial charge is 0.255 e. The van der Waals surface area contributed by atoms with Crippen molar-refractivity contribution in [2.45, 2.75) is 18.0 Å². The SMILES string of the molecule is Cc1cnc2c(C(F)(F)F)cccc2c1-c1ccc(-c2cccc(S(C)(=O)=O)c2)s1. The molecule has 0 saturated carbocycles. The zero-order valence-corrected chi connectivity index (χ0v) is 17.6. The van der Waals surface area contributed by atoms with Crippen molar-refractivity contribution in [1.29, 1.82) is 0 Å². The second-order valence-electron chi connectivity index (χ2n) is 6.98. The molecule has 2 aromatic heterocycles. The molecule has 2 heterocycles. The molecule has 2 aromatic carbocycles. The summed E-state index contributed by atoms with van der Waals surface area (Å²) in [6.45, 7) is 1.81. The first kappa shape index (κ1) is 20.6. The highest BCUT2D eigenvalue weighted by molar-refractivity contribution is 7.90. The highest BCUT2D eigenvalue weighted by Crippen LogP contribution is 2.42. The Morgan fingerprint density at radius 2 is 1.67 bits per heavy atom. The molecule has 0 amide bonds. The number of thiophene rings is 1. The van der Waals surface area contributed by atoms with Crippen LogP contribution in [0.2, 0.25) is 0 Å². The van der Waals surface area contributed by atoms with Gasteiger partial charge in [-0.15, -0.1) is 11.3 Å². The lowest BCUT2D eigenvalue weighted by Crippen LogP contribution is -2.06. The molecule has 30 heavy (non-hydrogen) atoms. The number of rotatable bonds is 3. The first-order valence-corrected chi connectivity index (χ1v) is 11.6. The van der Waals surface area contributed by atoms with Crippen molar-refractivity contribution in [1.82, 2.24) is 4.98 Å². The van der Waals surface area contributed by atoms with Crippen molar-refractivity contribution >= 4 is 32.1 Å². The average molecular weight is 448 g/mol. The van der Waals surface area contributed by atoms with E-state index >= 15 is 0 Å². The maximum Gasteiger partial charge on any atom is 0.418 e. The van der Waals surface area contributed by atoms with E-state index in [0.717, 1.165) is 33.2 Å². The van der Waals surface area contributed by atoms with Gasteiger partial charge in [0.15, 0.2) is 9.84 Å². The van der Waals surface area contributed by atoms with E-state index in [2.05, 4.69) is 4.98 Å². The fraction of sp³-hybridized carbons (Fsp3) is 0.136. The highest BCUT2D eigenvalue weighted by atomic mass is 32.2. The summed E-state index contributed by atoms with van der Waals surface area (Å²) in [7, 11) is -3.34. The van der Waals surface area contributed by atoms with E-state index in [-0.39, 0.29) is 10.4 Å². The predicted octanol–water partition coefficient (Wildman–Crippen LogP) is 6.36. The van der Waals surface area contributed by atoms with E-state index in [4.69, 9.17) is 0 Å². The monoisotopic (exact) mass is 447 g/mol. The van der Waals surface area contributed by atoms with Gasteiger partial charge in [0.25, 0.3) is 0 Å². The molecule has 0 spiro atoms. The summed E-state index contributed by atoms with van der Waals surface area (Å²) in [5.41, 5.74) is 1.35.